The minimum atomic E-state index is -0.435. The van der Waals surface area contributed by atoms with Crippen LogP contribution in [0.1, 0.15) is 25.2 Å². The van der Waals surface area contributed by atoms with Gasteiger partial charge in [-0.3, -0.25) is 15.0 Å². The van der Waals surface area contributed by atoms with E-state index < -0.39 is 6.03 Å². The molecule has 130 valence electrons. The SMILES string of the molecule is CCCNC(=O)NC(=O)CN1CCNCC1c1nccn1C.Cl. The topological polar surface area (TPSA) is 91.3 Å². The number of halogens is 1. The number of nitrogens with zero attached hydrogens (tertiary/aromatic N) is 3. The molecule has 3 N–H and O–H groups in total. The van der Waals surface area contributed by atoms with Crippen LogP contribution in [-0.4, -0.2) is 59.1 Å². The van der Waals surface area contributed by atoms with Crippen molar-refractivity contribution < 1.29 is 9.59 Å². The van der Waals surface area contributed by atoms with E-state index in [4.69, 9.17) is 0 Å². The second kappa shape index (κ2) is 9.49. The Morgan fingerprint density at radius 2 is 2.26 bits per heavy atom. The molecule has 23 heavy (non-hydrogen) atoms. The highest BCUT2D eigenvalue weighted by atomic mass is 35.5. The largest absolute Gasteiger partial charge is 0.338 e. The zero-order valence-electron chi connectivity index (χ0n) is 13.5. The number of urea groups is 1. The number of imide groups is 1. The summed E-state index contributed by atoms with van der Waals surface area (Å²) in [7, 11) is 1.94. The Balaban J connectivity index is 0.00000264. The lowest BCUT2D eigenvalue weighted by Crippen LogP contribution is -2.51. The Kier molecular flexibility index (Phi) is 8.01. The van der Waals surface area contributed by atoms with Crippen molar-refractivity contribution in [2.75, 3.05) is 32.7 Å². The first-order chi connectivity index (χ1) is 10.6. The van der Waals surface area contributed by atoms with Crippen molar-refractivity contribution in [3.05, 3.63) is 18.2 Å². The van der Waals surface area contributed by atoms with Crippen LogP contribution in [0.4, 0.5) is 4.79 Å². The highest BCUT2D eigenvalue weighted by Crippen LogP contribution is 2.19. The highest BCUT2D eigenvalue weighted by molar-refractivity contribution is 5.95. The van der Waals surface area contributed by atoms with E-state index in [-0.39, 0.29) is 30.9 Å². The second-order valence-corrected chi connectivity index (χ2v) is 5.39. The molecule has 1 aromatic rings. The van der Waals surface area contributed by atoms with Crippen LogP contribution in [0.2, 0.25) is 0 Å². The molecule has 0 bridgehead atoms. The van der Waals surface area contributed by atoms with Gasteiger partial charge in [-0.25, -0.2) is 9.78 Å². The number of hydrogen-bond acceptors (Lipinski definition) is 5. The molecule has 1 atom stereocenters. The van der Waals surface area contributed by atoms with Crippen molar-refractivity contribution in [3.63, 3.8) is 0 Å². The van der Waals surface area contributed by atoms with Crippen LogP contribution < -0.4 is 16.0 Å². The maximum Gasteiger partial charge on any atom is 0.321 e. The van der Waals surface area contributed by atoms with Gasteiger partial charge in [0.1, 0.15) is 5.82 Å². The number of carbonyl (C=O) groups excluding carboxylic acids is 2. The summed E-state index contributed by atoms with van der Waals surface area (Å²) in [5.74, 6) is 0.616. The van der Waals surface area contributed by atoms with E-state index in [9.17, 15) is 9.59 Å². The summed E-state index contributed by atoms with van der Waals surface area (Å²) in [4.78, 5) is 30.0. The summed E-state index contributed by atoms with van der Waals surface area (Å²) < 4.78 is 1.95. The molecule has 0 aliphatic carbocycles. The maximum atomic E-state index is 12.0. The molecule has 2 heterocycles. The average Bonchev–Trinajstić information content (AvgIpc) is 2.91. The first-order valence-electron chi connectivity index (χ1n) is 7.61. The molecule has 8 nitrogen and oxygen atoms in total. The normalized spacial score (nSPS) is 18.1. The summed E-state index contributed by atoms with van der Waals surface area (Å²) in [6, 6.07) is -0.409. The van der Waals surface area contributed by atoms with Gasteiger partial charge >= 0.3 is 6.03 Å². The molecule has 2 rings (SSSR count). The molecule has 0 aromatic carbocycles. The van der Waals surface area contributed by atoms with E-state index in [2.05, 4.69) is 20.9 Å². The number of amides is 3. The zero-order valence-corrected chi connectivity index (χ0v) is 14.4. The summed E-state index contributed by atoms with van der Waals surface area (Å²) >= 11 is 0. The molecule has 0 spiro atoms. The molecule has 1 aliphatic heterocycles. The Hall–Kier alpha value is -1.64. The van der Waals surface area contributed by atoms with E-state index >= 15 is 0 Å². The lowest BCUT2D eigenvalue weighted by Gasteiger charge is -2.35. The molecule has 0 radical (unpaired) electrons. The number of nitrogens with one attached hydrogen (secondary N) is 3. The summed E-state index contributed by atoms with van der Waals surface area (Å²) in [5.41, 5.74) is 0. The fourth-order valence-electron chi connectivity index (χ4n) is 2.52. The minimum absolute atomic E-state index is 0. The van der Waals surface area contributed by atoms with Crippen LogP contribution >= 0.6 is 12.4 Å². The maximum absolute atomic E-state index is 12.0. The van der Waals surface area contributed by atoms with Crippen molar-refractivity contribution in [3.8, 4) is 0 Å². The zero-order chi connectivity index (χ0) is 15.9. The quantitative estimate of drug-likeness (QED) is 0.700. The van der Waals surface area contributed by atoms with E-state index in [0.29, 0.717) is 6.54 Å². The van der Waals surface area contributed by atoms with Gasteiger partial charge in [0.2, 0.25) is 5.91 Å². The fourth-order valence-corrected chi connectivity index (χ4v) is 2.52. The lowest BCUT2D eigenvalue weighted by atomic mass is 10.1. The number of carbonyl (C=O) groups is 2. The average molecular weight is 345 g/mol. The summed E-state index contributed by atoms with van der Waals surface area (Å²) in [5, 5.41) is 8.31. The molecular formula is C14H25ClN6O2. The van der Waals surface area contributed by atoms with Crippen molar-refractivity contribution in [1.82, 2.24) is 30.4 Å². The monoisotopic (exact) mass is 344 g/mol. The first kappa shape index (κ1) is 19.4. The third-order valence-corrected chi connectivity index (χ3v) is 3.65. The predicted molar refractivity (Wildman–Crippen MR) is 89.5 cm³/mol. The number of aromatic nitrogens is 2. The number of hydrogen-bond donors (Lipinski definition) is 3. The Bertz CT molecular complexity index is 521. The summed E-state index contributed by atoms with van der Waals surface area (Å²) in [6.45, 7) is 4.99. The molecule has 3 amide bonds. The van der Waals surface area contributed by atoms with Crippen molar-refractivity contribution in [2.45, 2.75) is 19.4 Å². The van der Waals surface area contributed by atoms with Crippen LogP contribution in [0.5, 0.6) is 0 Å². The molecular weight excluding hydrogens is 320 g/mol. The van der Waals surface area contributed by atoms with Gasteiger partial charge < -0.3 is 15.2 Å². The smallest absolute Gasteiger partial charge is 0.321 e. The van der Waals surface area contributed by atoms with Gasteiger partial charge in [-0.1, -0.05) is 6.92 Å². The molecule has 0 saturated carbocycles. The van der Waals surface area contributed by atoms with Gasteiger partial charge in [-0.15, -0.1) is 12.4 Å². The predicted octanol–water partition coefficient (Wildman–Crippen LogP) is 0.0240. The van der Waals surface area contributed by atoms with Crippen molar-refractivity contribution in [1.29, 1.82) is 0 Å². The standard InChI is InChI=1S/C14H24N6O2.ClH/c1-3-4-17-14(22)18-12(21)10-20-8-5-15-9-11(20)13-16-6-7-19(13)2;/h6-7,11,15H,3-5,8-10H2,1-2H3,(H2,17,18,21,22);1H. The second-order valence-electron chi connectivity index (χ2n) is 5.39. The van der Waals surface area contributed by atoms with E-state index in [1.165, 1.54) is 0 Å². The van der Waals surface area contributed by atoms with Crippen LogP contribution in [-0.2, 0) is 11.8 Å². The van der Waals surface area contributed by atoms with Gasteiger partial charge in [0, 0.05) is 45.6 Å². The number of imidazole rings is 1. The highest BCUT2D eigenvalue weighted by Gasteiger charge is 2.28. The van der Waals surface area contributed by atoms with Gasteiger partial charge in [0.25, 0.3) is 0 Å². The Morgan fingerprint density at radius 3 is 2.91 bits per heavy atom. The fraction of sp³-hybridized carbons (Fsp3) is 0.643. The van der Waals surface area contributed by atoms with Crippen molar-refractivity contribution in [2.24, 2.45) is 7.05 Å². The van der Waals surface area contributed by atoms with Crippen LogP contribution in [0.3, 0.4) is 0 Å². The minimum Gasteiger partial charge on any atom is -0.338 e. The lowest BCUT2D eigenvalue weighted by molar-refractivity contribution is -0.122. The summed E-state index contributed by atoms with van der Waals surface area (Å²) in [6.07, 6.45) is 4.47. The number of aryl methyl sites for hydroxylation is 1. The molecule has 1 aromatic heterocycles. The van der Waals surface area contributed by atoms with E-state index in [1.807, 2.05) is 29.6 Å². The van der Waals surface area contributed by atoms with Crippen LogP contribution in [0, 0.1) is 0 Å². The van der Waals surface area contributed by atoms with E-state index in [1.54, 1.807) is 6.20 Å². The molecule has 1 fully saturated rings. The van der Waals surface area contributed by atoms with Crippen LogP contribution in [0.15, 0.2) is 12.4 Å². The molecule has 1 saturated heterocycles. The molecule has 1 aliphatic rings. The van der Waals surface area contributed by atoms with E-state index in [0.717, 1.165) is 31.9 Å². The Morgan fingerprint density at radius 1 is 1.48 bits per heavy atom. The number of rotatable bonds is 5. The first-order valence-corrected chi connectivity index (χ1v) is 7.61. The van der Waals surface area contributed by atoms with Gasteiger partial charge in [0.05, 0.1) is 12.6 Å². The number of piperazine rings is 1. The van der Waals surface area contributed by atoms with Crippen LogP contribution in [0.25, 0.3) is 0 Å². The molecule has 9 heteroatoms. The Labute approximate surface area is 142 Å². The molecule has 1 unspecified atom stereocenters. The van der Waals surface area contributed by atoms with Gasteiger partial charge in [-0.2, -0.15) is 0 Å². The van der Waals surface area contributed by atoms with Crippen molar-refractivity contribution >= 4 is 24.3 Å². The third-order valence-electron chi connectivity index (χ3n) is 3.65. The van der Waals surface area contributed by atoms with Gasteiger partial charge in [-0.05, 0) is 6.42 Å². The third kappa shape index (κ3) is 5.49. The van der Waals surface area contributed by atoms with Gasteiger partial charge in [0.15, 0.2) is 0 Å².